The molecule has 0 amide bonds. The van der Waals surface area contributed by atoms with Crippen LogP contribution in [0.1, 0.15) is 51.9 Å². The Bertz CT molecular complexity index is 1630. The number of nitrogens with one attached hydrogen (secondary N) is 1. The summed E-state index contributed by atoms with van der Waals surface area (Å²) in [5, 5.41) is 19.5. The molecule has 1 aliphatic heterocycles. The van der Waals surface area contributed by atoms with E-state index in [-0.39, 0.29) is 41.7 Å². The molecule has 1 fully saturated rings. The number of nitrogens with zero attached hydrogens (tertiary/aromatic N) is 1. The highest BCUT2D eigenvalue weighted by atomic mass is 32.2. The first kappa shape index (κ1) is 30.9. The smallest absolute Gasteiger partial charge is 0.338 e. The van der Waals surface area contributed by atoms with Gasteiger partial charge in [0.05, 0.1) is 29.3 Å². The number of aromatic carboxylic acids is 1. The maximum Gasteiger partial charge on any atom is 0.338 e. The number of benzene rings is 3. The average molecular weight is 621 g/mol. The lowest BCUT2D eigenvalue weighted by atomic mass is 9.91. The van der Waals surface area contributed by atoms with Crippen LogP contribution < -0.4 is 4.72 Å². The first-order valence-corrected chi connectivity index (χ1v) is 16.2. The Morgan fingerprint density at radius 1 is 0.907 bits per heavy atom. The molecule has 3 N–H and O–H groups in total. The number of pyridine rings is 1. The van der Waals surface area contributed by atoms with E-state index < -0.39 is 22.3 Å². The number of aliphatic hydroxyl groups is 1. The largest absolute Gasteiger partial charge is 0.478 e. The highest BCUT2D eigenvalue weighted by molar-refractivity contribution is 7.99. The fraction of sp³-hybridized carbons (Fsp3) is 0.250. The van der Waals surface area contributed by atoms with E-state index in [0.29, 0.717) is 10.8 Å². The molecule has 0 unspecified atom stereocenters. The summed E-state index contributed by atoms with van der Waals surface area (Å²) in [6.07, 6.45) is 0.199. The van der Waals surface area contributed by atoms with E-state index in [4.69, 9.17) is 9.47 Å². The second kappa shape index (κ2) is 13.8. The van der Waals surface area contributed by atoms with Crippen molar-refractivity contribution in [2.45, 2.75) is 48.5 Å². The van der Waals surface area contributed by atoms with Crippen LogP contribution in [0.5, 0.6) is 0 Å². The lowest BCUT2D eigenvalue weighted by Gasteiger charge is -2.41. The molecule has 0 spiro atoms. The Morgan fingerprint density at radius 3 is 2.26 bits per heavy atom. The van der Waals surface area contributed by atoms with E-state index in [2.05, 4.69) is 9.71 Å². The molecular formula is C32H32N2O7S2. The fourth-order valence-electron chi connectivity index (χ4n) is 4.79. The minimum atomic E-state index is -3.64. The van der Waals surface area contributed by atoms with E-state index in [1.165, 1.54) is 17.8 Å². The van der Waals surface area contributed by atoms with Crippen LogP contribution in [0.3, 0.4) is 0 Å². The van der Waals surface area contributed by atoms with Crippen molar-refractivity contribution in [1.82, 2.24) is 9.71 Å². The van der Waals surface area contributed by atoms with E-state index in [9.17, 15) is 23.4 Å². The normalized spacial score (nSPS) is 20.5. The third-order valence-corrected chi connectivity index (χ3v) is 9.79. The summed E-state index contributed by atoms with van der Waals surface area (Å²) in [4.78, 5) is 16.2. The zero-order chi connectivity index (χ0) is 30.4. The lowest BCUT2D eigenvalue weighted by Crippen LogP contribution is -2.38. The van der Waals surface area contributed by atoms with Gasteiger partial charge in [0.2, 0.25) is 10.0 Å². The van der Waals surface area contributed by atoms with Crippen LogP contribution >= 0.6 is 11.8 Å². The van der Waals surface area contributed by atoms with Gasteiger partial charge in [0.1, 0.15) is 5.03 Å². The lowest BCUT2D eigenvalue weighted by molar-refractivity contribution is -0.268. The van der Waals surface area contributed by atoms with Gasteiger partial charge in [0, 0.05) is 30.0 Å². The number of sulfonamides is 1. The van der Waals surface area contributed by atoms with Crippen molar-refractivity contribution in [3.05, 3.63) is 125 Å². The van der Waals surface area contributed by atoms with Crippen molar-refractivity contribution in [2.24, 2.45) is 5.92 Å². The van der Waals surface area contributed by atoms with Crippen molar-refractivity contribution in [1.29, 1.82) is 0 Å². The summed E-state index contributed by atoms with van der Waals surface area (Å²) in [6.45, 7) is 2.09. The van der Waals surface area contributed by atoms with Gasteiger partial charge in [0.15, 0.2) is 6.29 Å². The number of aliphatic hydroxyl groups excluding tert-OH is 1. The first-order chi connectivity index (χ1) is 20.7. The average Bonchev–Trinajstić information content (AvgIpc) is 3.04. The molecule has 0 radical (unpaired) electrons. The molecule has 224 valence electrons. The van der Waals surface area contributed by atoms with Crippen LogP contribution in [0.4, 0.5) is 0 Å². The van der Waals surface area contributed by atoms with Gasteiger partial charge in [-0.25, -0.2) is 22.9 Å². The maximum atomic E-state index is 12.6. The Hall–Kier alpha value is -3.58. The van der Waals surface area contributed by atoms with Crippen LogP contribution in [-0.2, 0) is 32.6 Å². The number of hydrogen-bond acceptors (Lipinski definition) is 8. The standard InChI is InChI=1S/C32H32N2O7S2/c1-21-28(20-42-30-27(31(36)37)8-5-17-33-30)40-32(41-29(21)24-13-11-23(19-35)12-14-24)25-15-9-22(10-16-25)18-34-43(38,39)26-6-3-2-4-7-26/h2-17,21,28-29,32,34-35H,18-20H2,1H3,(H,36,37)/t21-,28+,29+,32+/m0/s1. The maximum absolute atomic E-state index is 12.6. The van der Waals surface area contributed by atoms with Gasteiger partial charge < -0.3 is 19.7 Å². The molecule has 9 nitrogen and oxygen atoms in total. The molecule has 1 saturated heterocycles. The second-order valence-electron chi connectivity index (χ2n) is 10.2. The summed E-state index contributed by atoms with van der Waals surface area (Å²) in [7, 11) is -3.64. The van der Waals surface area contributed by atoms with Crippen molar-refractivity contribution in [3.63, 3.8) is 0 Å². The monoisotopic (exact) mass is 620 g/mol. The van der Waals surface area contributed by atoms with Crippen molar-refractivity contribution in [3.8, 4) is 0 Å². The minimum absolute atomic E-state index is 0.0593. The SMILES string of the molecule is C[C@H]1[C@@H](CSc2ncccc2C(=O)O)O[C@@H](c2ccc(CNS(=O)(=O)c3ccccc3)cc2)O[C@H]1c1ccc(CO)cc1. The Labute approximate surface area is 255 Å². The molecular weight excluding hydrogens is 588 g/mol. The van der Waals surface area contributed by atoms with E-state index in [1.807, 2.05) is 55.5 Å². The van der Waals surface area contributed by atoms with Crippen molar-refractivity contribution >= 4 is 27.8 Å². The topological polar surface area (TPSA) is 135 Å². The van der Waals surface area contributed by atoms with Crippen LogP contribution in [0, 0.1) is 5.92 Å². The van der Waals surface area contributed by atoms with Crippen LogP contribution in [0.15, 0.2) is 107 Å². The minimum Gasteiger partial charge on any atom is -0.478 e. The number of rotatable bonds is 11. The highest BCUT2D eigenvalue weighted by Crippen LogP contribution is 2.43. The molecule has 0 saturated carbocycles. The number of hydrogen-bond donors (Lipinski definition) is 3. The Kier molecular flexibility index (Phi) is 9.91. The van der Waals surface area contributed by atoms with E-state index in [1.54, 1.807) is 42.6 Å². The number of aromatic nitrogens is 1. The summed E-state index contributed by atoms with van der Waals surface area (Å²) in [5.74, 6) is -0.682. The van der Waals surface area contributed by atoms with Gasteiger partial charge in [-0.1, -0.05) is 73.7 Å². The number of ether oxygens (including phenoxy) is 2. The predicted molar refractivity (Wildman–Crippen MR) is 162 cm³/mol. The molecule has 1 aliphatic rings. The summed E-state index contributed by atoms with van der Waals surface area (Å²) < 4.78 is 40.8. The van der Waals surface area contributed by atoms with Crippen molar-refractivity contribution in [2.75, 3.05) is 5.75 Å². The zero-order valence-electron chi connectivity index (χ0n) is 23.4. The molecule has 1 aromatic heterocycles. The molecule has 3 aromatic carbocycles. The van der Waals surface area contributed by atoms with E-state index in [0.717, 1.165) is 22.3 Å². The third kappa shape index (κ3) is 7.50. The summed E-state index contributed by atoms with van der Waals surface area (Å²) >= 11 is 1.32. The molecule has 2 heterocycles. The quantitative estimate of drug-likeness (QED) is 0.190. The fourth-order valence-corrected chi connectivity index (χ4v) is 6.98. The Balaban J connectivity index is 1.34. The van der Waals surface area contributed by atoms with Crippen LogP contribution in [-0.4, -0.2) is 41.4 Å². The molecule has 11 heteroatoms. The molecule has 43 heavy (non-hydrogen) atoms. The number of thioether (sulfide) groups is 1. The molecule has 0 bridgehead atoms. The van der Waals surface area contributed by atoms with Gasteiger partial charge in [-0.2, -0.15) is 0 Å². The highest BCUT2D eigenvalue weighted by Gasteiger charge is 2.38. The van der Waals surface area contributed by atoms with Crippen molar-refractivity contribution < 1.29 is 32.9 Å². The van der Waals surface area contributed by atoms with Gasteiger partial charge in [-0.05, 0) is 41.0 Å². The number of carboxylic acids is 1. The first-order valence-electron chi connectivity index (χ1n) is 13.7. The van der Waals surface area contributed by atoms with E-state index >= 15 is 0 Å². The predicted octanol–water partition coefficient (Wildman–Crippen LogP) is 5.33. The number of carbonyl (C=O) groups is 1. The zero-order valence-corrected chi connectivity index (χ0v) is 25.0. The molecule has 4 atom stereocenters. The van der Waals surface area contributed by atoms with Gasteiger partial charge in [-0.3, -0.25) is 0 Å². The molecule has 0 aliphatic carbocycles. The second-order valence-corrected chi connectivity index (χ2v) is 12.9. The van der Waals surface area contributed by atoms with Gasteiger partial charge in [0.25, 0.3) is 0 Å². The van der Waals surface area contributed by atoms with Gasteiger partial charge in [-0.15, -0.1) is 11.8 Å². The summed E-state index contributed by atoms with van der Waals surface area (Å²) in [6, 6.07) is 26.3. The Morgan fingerprint density at radius 2 is 1.58 bits per heavy atom. The molecule has 4 aromatic rings. The number of carboxylic acid groups (broad SMARTS) is 1. The van der Waals surface area contributed by atoms with Gasteiger partial charge >= 0.3 is 5.97 Å². The van der Waals surface area contributed by atoms with Crippen LogP contribution in [0.2, 0.25) is 0 Å². The summed E-state index contributed by atoms with van der Waals surface area (Å²) in [5.41, 5.74) is 3.40. The van der Waals surface area contributed by atoms with Crippen LogP contribution in [0.25, 0.3) is 0 Å². The third-order valence-electron chi connectivity index (χ3n) is 7.28. The molecule has 5 rings (SSSR count).